The number of ketones is 1. The summed E-state index contributed by atoms with van der Waals surface area (Å²) < 4.78 is 0. The molecule has 0 bridgehead atoms. The van der Waals surface area contributed by atoms with Crippen molar-refractivity contribution in [1.29, 1.82) is 0 Å². The number of carbonyl (C=O) groups excluding carboxylic acids is 1. The van der Waals surface area contributed by atoms with Gasteiger partial charge in [-0.2, -0.15) is 0 Å². The fraction of sp³-hybridized carbons (Fsp3) is 0.571. The average Bonchev–Trinajstić information content (AvgIpc) is 2.54. The number of carbonyl (C=O) groups is 1. The van der Waals surface area contributed by atoms with Crippen LogP contribution in [0.2, 0.25) is 0 Å². The van der Waals surface area contributed by atoms with Crippen molar-refractivity contribution in [1.82, 2.24) is 5.32 Å². The fourth-order valence-corrected chi connectivity index (χ4v) is 3.97. The number of nitrogens with one attached hydrogen (secondary N) is 1. The number of allylic oxidation sites excluding steroid dienone is 1. The Morgan fingerprint density at radius 1 is 1.29 bits per heavy atom. The third kappa shape index (κ3) is 3.72. The van der Waals surface area contributed by atoms with Crippen molar-refractivity contribution in [3.63, 3.8) is 0 Å². The predicted octanol–water partition coefficient (Wildman–Crippen LogP) is 4.15. The van der Waals surface area contributed by atoms with Gasteiger partial charge in [-0.3, -0.25) is 4.79 Å². The Bertz CT molecular complexity index is 652. The van der Waals surface area contributed by atoms with Crippen LogP contribution in [0.15, 0.2) is 24.3 Å². The highest BCUT2D eigenvalue weighted by atomic mass is 16.3. The molecule has 1 aromatic rings. The molecule has 1 aromatic carbocycles. The molecule has 2 N–H and O–H groups in total. The third-order valence-corrected chi connectivity index (χ3v) is 5.31. The van der Waals surface area contributed by atoms with Gasteiger partial charge in [-0.15, -0.1) is 0 Å². The van der Waals surface area contributed by atoms with E-state index in [1.807, 2.05) is 18.2 Å². The van der Waals surface area contributed by atoms with Crippen molar-refractivity contribution in [3.8, 4) is 0 Å². The molecule has 3 rings (SSSR count). The molecule has 0 spiro atoms. The Labute approximate surface area is 145 Å². The Hall–Kier alpha value is -1.61. The molecule has 0 aromatic heterocycles. The van der Waals surface area contributed by atoms with Gasteiger partial charge in [0.15, 0.2) is 5.78 Å². The molecular weight excluding hydrogens is 298 g/mol. The molecule has 1 heterocycles. The highest BCUT2D eigenvalue weighted by Gasteiger charge is 2.29. The lowest BCUT2D eigenvalue weighted by molar-refractivity contribution is -0.119. The van der Waals surface area contributed by atoms with E-state index in [-0.39, 0.29) is 17.2 Å². The zero-order valence-corrected chi connectivity index (χ0v) is 15.1. The first-order chi connectivity index (χ1) is 11.4. The van der Waals surface area contributed by atoms with Gasteiger partial charge in [0.1, 0.15) is 0 Å². The van der Waals surface area contributed by atoms with E-state index in [1.54, 1.807) is 6.92 Å². The molecule has 1 aliphatic heterocycles. The molecule has 3 nitrogen and oxygen atoms in total. The maximum Gasteiger partial charge on any atom is 0.160 e. The largest absolute Gasteiger partial charge is 0.389 e. The molecule has 130 valence electrons. The molecule has 1 saturated carbocycles. The van der Waals surface area contributed by atoms with Gasteiger partial charge in [0, 0.05) is 28.8 Å². The Balaban J connectivity index is 1.96. The smallest absolute Gasteiger partial charge is 0.160 e. The second-order valence-corrected chi connectivity index (χ2v) is 8.07. The quantitative estimate of drug-likeness (QED) is 0.820. The molecule has 1 fully saturated rings. The summed E-state index contributed by atoms with van der Waals surface area (Å²) in [4.78, 5) is 12.7. The summed E-state index contributed by atoms with van der Waals surface area (Å²) in [5.41, 5.74) is 4.05. The number of fused-ring (bicyclic) bond motifs is 1. The van der Waals surface area contributed by atoms with Crippen molar-refractivity contribution >= 4 is 11.5 Å². The molecule has 1 atom stereocenters. The zero-order chi connectivity index (χ0) is 17.3. The Kier molecular flexibility index (Phi) is 4.82. The normalized spacial score (nSPS) is 23.4. The lowest BCUT2D eigenvalue weighted by Crippen LogP contribution is -2.44. The second-order valence-electron chi connectivity index (χ2n) is 8.07. The minimum absolute atomic E-state index is 0.0714. The van der Waals surface area contributed by atoms with E-state index < -0.39 is 6.10 Å². The van der Waals surface area contributed by atoms with Gasteiger partial charge in [-0.05, 0) is 57.2 Å². The molecule has 24 heavy (non-hydrogen) atoms. The van der Waals surface area contributed by atoms with Crippen LogP contribution >= 0.6 is 0 Å². The van der Waals surface area contributed by atoms with E-state index in [0.29, 0.717) is 0 Å². The van der Waals surface area contributed by atoms with Gasteiger partial charge in [0.05, 0.1) is 6.10 Å². The number of benzene rings is 1. The highest BCUT2D eigenvalue weighted by molar-refractivity contribution is 5.98. The first-order valence-electron chi connectivity index (χ1n) is 9.21. The monoisotopic (exact) mass is 327 g/mol. The summed E-state index contributed by atoms with van der Waals surface area (Å²) in [5, 5.41) is 13.4. The van der Waals surface area contributed by atoms with Crippen LogP contribution in [-0.4, -0.2) is 16.4 Å². The summed E-state index contributed by atoms with van der Waals surface area (Å²) in [6, 6.07) is 6.12. The zero-order valence-electron chi connectivity index (χ0n) is 15.1. The van der Waals surface area contributed by atoms with Crippen LogP contribution in [0.5, 0.6) is 0 Å². The van der Waals surface area contributed by atoms with Crippen molar-refractivity contribution in [2.45, 2.75) is 70.9 Å². The van der Waals surface area contributed by atoms with Crippen LogP contribution in [0.1, 0.15) is 75.7 Å². The number of hydrogen-bond donors (Lipinski definition) is 2. The lowest BCUT2D eigenvalue weighted by atomic mass is 9.82. The summed E-state index contributed by atoms with van der Waals surface area (Å²) in [6.07, 6.45) is 7.87. The van der Waals surface area contributed by atoms with Crippen LogP contribution in [0.4, 0.5) is 0 Å². The maximum absolute atomic E-state index is 12.7. The molecule has 2 aliphatic rings. The van der Waals surface area contributed by atoms with E-state index in [0.717, 1.165) is 36.1 Å². The van der Waals surface area contributed by atoms with Crippen molar-refractivity contribution in [2.75, 3.05) is 0 Å². The van der Waals surface area contributed by atoms with Crippen molar-refractivity contribution < 1.29 is 9.90 Å². The Morgan fingerprint density at radius 2 is 2.00 bits per heavy atom. The van der Waals surface area contributed by atoms with Crippen LogP contribution in [0.3, 0.4) is 0 Å². The minimum atomic E-state index is -0.500. The summed E-state index contributed by atoms with van der Waals surface area (Å²) in [5.74, 6) is 0.435. The van der Waals surface area contributed by atoms with Crippen LogP contribution in [0.25, 0.3) is 5.70 Å². The number of hydrogen-bond acceptors (Lipinski definition) is 3. The third-order valence-electron chi connectivity index (χ3n) is 5.31. The molecule has 0 radical (unpaired) electrons. The van der Waals surface area contributed by atoms with Gasteiger partial charge in [-0.25, -0.2) is 0 Å². The van der Waals surface area contributed by atoms with E-state index in [4.69, 9.17) is 0 Å². The summed E-state index contributed by atoms with van der Waals surface area (Å²) >= 11 is 0. The van der Waals surface area contributed by atoms with Crippen LogP contribution in [0, 0.1) is 5.92 Å². The average molecular weight is 327 g/mol. The molecule has 1 unspecified atom stereocenters. The predicted molar refractivity (Wildman–Crippen MR) is 97.6 cm³/mol. The fourth-order valence-electron chi connectivity index (χ4n) is 3.97. The lowest BCUT2D eigenvalue weighted by Gasteiger charge is -2.36. The standard InChI is InChI=1S/C21H29NO2/c1-14(23)16-9-10-17-13-21(2,3)22-19(18(17)11-16)12-20(24)15-7-5-4-6-8-15/h9-12,14-15,22-23H,4-8,13H2,1-3H3/b19-12-. The van der Waals surface area contributed by atoms with E-state index in [2.05, 4.69) is 25.2 Å². The van der Waals surface area contributed by atoms with E-state index in [1.165, 1.54) is 24.8 Å². The van der Waals surface area contributed by atoms with Gasteiger partial charge < -0.3 is 10.4 Å². The summed E-state index contributed by atoms with van der Waals surface area (Å²) in [7, 11) is 0. The molecule has 0 amide bonds. The van der Waals surface area contributed by atoms with Gasteiger partial charge >= 0.3 is 0 Å². The molecule has 0 saturated heterocycles. The van der Waals surface area contributed by atoms with E-state index in [9.17, 15) is 9.90 Å². The van der Waals surface area contributed by atoms with Crippen LogP contribution < -0.4 is 5.32 Å². The molecule has 3 heteroatoms. The first kappa shape index (κ1) is 17.2. The van der Waals surface area contributed by atoms with Gasteiger partial charge in [0.25, 0.3) is 0 Å². The topological polar surface area (TPSA) is 49.3 Å². The number of aliphatic hydroxyl groups is 1. The van der Waals surface area contributed by atoms with Crippen LogP contribution in [-0.2, 0) is 11.2 Å². The maximum atomic E-state index is 12.7. The number of aliphatic hydroxyl groups excluding tert-OH is 1. The van der Waals surface area contributed by atoms with Crippen molar-refractivity contribution in [3.05, 3.63) is 41.0 Å². The summed E-state index contributed by atoms with van der Waals surface area (Å²) in [6.45, 7) is 6.10. The van der Waals surface area contributed by atoms with Gasteiger partial charge in [-0.1, -0.05) is 31.4 Å². The second kappa shape index (κ2) is 6.72. The highest BCUT2D eigenvalue weighted by Crippen LogP contribution is 2.33. The molecular formula is C21H29NO2. The minimum Gasteiger partial charge on any atom is -0.389 e. The van der Waals surface area contributed by atoms with Gasteiger partial charge in [0.2, 0.25) is 0 Å². The Morgan fingerprint density at radius 3 is 2.67 bits per heavy atom. The van der Waals surface area contributed by atoms with E-state index >= 15 is 0 Å². The van der Waals surface area contributed by atoms with Crippen molar-refractivity contribution in [2.24, 2.45) is 5.92 Å². The number of rotatable bonds is 3. The SMILES string of the molecule is CC(O)c1ccc2c(c1)/C(=C/C(=O)C1CCCCC1)NC(C)(C)C2. The first-order valence-corrected chi connectivity index (χ1v) is 9.21. The molecule has 1 aliphatic carbocycles.